The zero-order valence-corrected chi connectivity index (χ0v) is 35.6. The van der Waals surface area contributed by atoms with Crippen molar-refractivity contribution in [3.8, 4) is 0 Å². The topological polar surface area (TPSA) is 122 Å². The van der Waals surface area contributed by atoms with Crippen LogP contribution in [0.1, 0.15) is 67.9 Å². The highest BCUT2D eigenvalue weighted by atomic mass is 16.5. The average Bonchev–Trinajstić information content (AvgIpc) is 3.29. The Labute approximate surface area is 356 Å². The first-order valence-corrected chi connectivity index (χ1v) is 21.3. The Morgan fingerprint density at radius 1 is 0.767 bits per heavy atom. The number of carbonyl (C=O) groups is 1. The minimum absolute atomic E-state index is 0.0740. The SMILES string of the molecule is CN(C)c1ccc(N=Nc2ccc(NCCOCCNC(=O)C(C)(C)c3ccc(C(O)CCCN4CCC(C(O)(c5ccccc5)c5ccccc5)CC4)cc3)cc2)cc1. The van der Waals surface area contributed by atoms with Crippen LogP contribution in [0.25, 0.3) is 0 Å². The molecule has 6 rings (SSSR count). The van der Waals surface area contributed by atoms with Gasteiger partial charge in [-0.3, -0.25) is 4.79 Å². The van der Waals surface area contributed by atoms with E-state index in [1.807, 2.05) is 166 Å². The van der Waals surface area contributed by atoms with E-state index in [4.69, 9.17) is 4.74 Å². The standard InChI is InChI=1S/C50H62N6O4/c1-49(2,48(58)52-32-37-60-36-31-51-43-21-23-44(24-22-43)53-54-45-25-27-46(28-26-45)55(3)4)39-19-17-38(18-20-39)47(57)16-11-33-56-34-29-42(30-35-56)50(59,40-12-7-5-8-13-40)41-14-9-6-10-15-41/h5-10,12-15,17-28,42,47,51,57,59H,11,16,29-37H2,1-4H3,(H,52,58). The number of hydrogen-bond acceptors (Lipinski definition) is 9. The largest absolute Gasteiger partial charge is 0.388 e. The summed E-state index contributed by atoms with van der Waals surface area (Å²) in [6, 6.07) is 43.6. The quantitative estimate of drug-likeness (QED) is 0.0457. The third-order valence-electron chi connectivity index (χ3n) is 11.8. The van der Waals surface area contributed by atoms with Gasteiger partial charge in [0.2, 0.25) is 5.91 Å². The first-order valence-electron chi connectivity index (χ1n) is 21.3. The summed E-state index contributed by atoms with van der Waals surface area (Å²) in [6.45, 7) is 8.51. The van der Waals surface area contributed by atoms with Crippen molar-refractivity contribution >= 4 is 28.7 Å². The lowest BCUT2D eigenvalue weighted by atomic mass is 9.72. The zero-order valence-electron chi connectivity index (χ0n) is 35.6. The second-order valence-electron chi connectivity index (χ2n) is 16.5. The molecule has 0 spiro atoms. The molecule has 1 unspecified atom stereocenters. The Morgan fingerprint density at radius 2 is 1.32 bits per heavy atom. The van der Waals surface area contributed by atoms with Gasteiger partial charge in [0.05, 0.1) is 36.1 Å². The van der Waals surface area contributed by atoms with Gasteiger partial charge < -0.3 is 35.4 Å². The van der Waals surface area contributed by atoms with Crippen LogP contribution in [-0.2, 0) is 20.5 Å². The van der Waals surface area contributed by atoms with Gasteiger partial charge >= 0.3 is 0 Å². The summed E-state index contributed by atoms with van der Waals surface area (Å²) in [4.78, 5) is 17.7. The molecule has 1 fully saturated rings. The Kier molecular flexibility index (Phi) is 15.6. The summed E-state index contributed by atoms with van der Waals surface area (Å²) in [6.07, 6.45) is 2.75. The number of likely N-dealkylation sites (tertiary alicyclic amines) is 1. The van der Waals surface area contributed by atoms with Crippen molar-refractivity contribution in [2.24, 2.45) is 16.1 Å². The first kappa shape index (κ1) is 44.2. The van der Waals surface area contributed by atoms with Crippen LogP contribution in [0.5, 0.6) is 0 Å². The van der Waals surface area contributed by atoms with Crippen LogP contribution in [0.4, 0.5) is 22.7 Å². The summed E-state index contributed by atoms with van der Waals surface area (Å²) in [7, 11) is 4.01. The van der Waals surface area contributed by atoms with E-state index in [2.05, 4.69) is 25.8 Å². The Bertz CT molecular complexity index is 2030. The van der Waals surface area contributed by atoms with Crippen molar-refractivity contribution in [2.45, 2.75) is 56.7 Å². The molecule has 0 aliphatic carbocycles. The fourth-order valence-electron chi connectivity index (χ4n) is 7.93. The van der Waals surface area contributed by atoms with Gasteiger partial charge in [-0.15, -0.1) is 0 Å². The molecule has 5 aromatic rings. The van der Waals surface area contributed by atoms with Crippen LogP contribution in [0.2, 0.25) is 0 Å². The predicted molar refractivity (Wildman–Crippen MR) is 242 cm³/mol. The molecular formula is C50H62N6O4. The van der Waals surface area contributed by atoms with Crippen LogP contribution in [0.3, 0.4) is 0 Å². The molecule has 0 aromatic heterocycles. The molecule has 1 aliphatic rings. The molecule has 1 aliphatic heterocycles. The smallest absolute Gasteiger partial charge is 0.230 e. The highest BCUT2D eigenvalue weighted by Crippen LogP contribution is 2.42. The number of azo groups is 1. The number of hydrogen-bond donors (Lipinski definition) is 4. The number of aliphatic hydroxyl groups excluding tert-OH is 1. The molecule has 1 heterocycles. The third kappa shape index (κ3) is 11.7. The monoisotopic (exact) mass is 810 g/mol. The summed E-state index contributed by atoms with van der Waals surface area (Å²) in [5.74, 6) is 0.0457. The van der Waals surface area contributed by atoms with Gasteiger partial charge in [0.15, 0.2) is 0 Å². The average molecular weight is 811 g/mol. The number of carbonyl (C=O) groups excluding carboxylic acids is 1. The Balaban J connectivity index is 0.855. The van der Waals surface area contributed by atoms with Gasteiger partial charge in [-0.1, -0.05) is 84.9 Å². The number of benzene rings is 5. The van der Waals surface area contributed by atoms with E-state index in [9.17, 15) is 15.0 Å². The molecule has 10 nitrogen and oxygen atoms in total. The molecule has 0 bridgehead atoms. The lowest BCUT2D eigenvalue weighted by molar-refractivity contribution is -0.125. The maximum Gasteiger partial charge on any atom is 0.230 e. The lowest BCUT2D eigenvalue weighted by Crippen LogP contribution is -2.44. The van der Waals surface area contributed by atoms with Crippen LogP contribution >= 0.6 is 0 Å². The second-order valence-corrected chi connectivity index (χ2v) is 16.5. The summed E-state index contributed by atoms with van der Waals surface area (Å²) in [5.41, 5.74) is 5.52. The van der Waals surface area contributed by atoms with E-state index in [0.717, 1.165) is 83.9 Å². The van der Waals surface area contributed by atoms with Crippen LogP contribution in [-0.4, -0.2) is 81.1 Å². The molecule has 1 atom stereocenters. The molecule has 5 aromatic carbocycles. The van der Waals surface area contributed by atoms with Gasteiger partial charge in [-0.25, -0.2) is 0 Å². The van der Waals surface area contributed by atoms with E-state index in [1.165, 1.54) is 0 Å². The number of aliphatic hydroxyl groups is 2. The maximum absolute atomic E-state index is 13.2. The molecule has 10 heteroatoms. The molecule has 1 saturated heterocycles. The zero-order chi connectivity index (χ0) is 42.4. The Morgan fingerprint density at radius 3 is 1.88 bits per heavy atom. The number of piperidine rings is 1. The van der Waals surface area contributed by atoms with Gasteiger partial charge in [0.25, 0.3) is 0 Å². The number of nitrogens with one attached hydrogen (secondary N) is 2. The molecule has 1 amide bonds. The molecule has 0 radical (unpaired) electrons. The highest BCUT2D eigenvalue weighted by molar-refractivity contribution is 5.87. The minimum Gasteiger partial charge on any atom is -0.388 e. The number of ether oxygens (including phenoxy) is 1. The van der Waals surface area contributed by atoms with Crippen LogP contribution in [0, 0.1) is 5.92 Å². The fraction of sp³-hybridized carbons (Fsp3) is 0.380. The van der Waals surface area contributed by atoms with E-state index < -0.39 is 17.1 Å². The second kappa shape index (κ2) is 21.2. The van der Waals surface area contributed by atoms with E-state index in [0.29, 0.717) is 32.7 Å². The van der Waals surface area contributed by atoms with Gasteiger partial charge in [0.1, 0.15) is 5.60 Å². The van der Waals surface area contributed by atoms with E-state index in [-0.39, 0.29) is 11.8 Å². The van der Waals surface area contributed by atoms with Crippen molar-refractivity contribution in [3.05, 3.63) is 156 Å². The van der Waals surface area contributed by atoms with Crippen LogP contribution < -0.4 is 15.5 Å². The first-order chi connectivity index (χ1) is 29.0. The van der Waals surface area contributed by atoms with Crippen LogP contribution in [0.15, 0.2) is 144 Å². The number of rotatable bonds is 20. The van der Waals surface area contributed by atoms with Crippen molar-refractivity contribution in [1.82, 2.24) is 10.2 Å². The molecular weight excluding hydrogens is 749 g/mol. The van der Waals surface area contributed by atoms with E-state index >= 15 is 0 Å². The fourth-order valence-corrected chi connectivity index (χ4v) is 7.93. The summed E-state index contributed by atoms with van der Waals surface area (Å²) >= 11 is 0. The predicted octanol–water partition coefficient (Wildman–Crippen LogP) is 9.15. The lowest BCUT2D eigenvalue weighted by Gasteiger charge is -2.42. The van der Waals surface area contributed by atoms with Gasteiger partial charge in [-0.2, -0.15) is 10.2 Å². The highest BCUT2D eigenvalue weighted by Gasteiger charge is 2.41. The maximum atomic E-state index is 13.2. The Hall–Kier alpha value is -5.39. The van der Waals surface area contributed by atoms with Crippen molar-refractivity contribution in [2.75, 3.05) is 70.2 Å². The van der Waals surface area contributed by atoms with Crippen molar-refractivity contribution in [1.29, 1.82) is 0 Å². The van der Waals surface area contributed by atoms with Crippen molar-refractivity contribution < 1.29 is 19.7 Å². The number of anilines is 2. The van der Waals surface area contributed by atoms with E-state index in [1.54, 1.807) is 0 Å². The minimum atomic E-state index is -1.02. The molecule has 316 valence electrons. The van der Waals surface area contributed by atoms with Crippen molar-refractivity contribution in [3.63, 3.8) is 0 Å². The summed E-state index contributed by atoms with van der Waals surface area (Å²) in [5, 5.41) is 38.3. The number of nitrogens with zero attached hydrogens (tertiary/aromatic N) is 4. The number of amides is 1. The van der Waals surface area contributed by atoms with Gasteiger partial charge in [-0.05, 0) is 136 Å². The summed E-state index contributed by atoms with van der Waals surface area (Å²) < 4.78 is 5.77. The normalized spacial score (nSPS) is 14.6. The molecule has 4 N–H and O–H groups in total. The molecule has 60 heavy (non-hydrogen) atoms. The third-order valence-corrected chi connectivity index (χ3v) is 11.8. The molecule has 0 saturated carbocycles. The van der Waals surface area contributed by atoms with Gasteiger partial charge in [0, 0.05) is 38.6 Å².